The lowest BCUT2D eigenvalue weighted by atomic mass is 10.2. The molecular formula is C16H15N5O2S. The standard InChI is InChI=1S/C16H15N5O2S/c1-23-12-4-2-3-11(7-12)13-10-24-15(20-13)9-19-16(22)21-14-8-17-5-6-18-14/h2-8,10H,9H2,1H3,(H2,18,19,21,22). The highest BCUT2D eigenvalue weighted by Gasteiger charge is 2.08. The zero-order valence-electron chi connectivity index (χ0n) is 12.9. The predicted octanol–water partition coefficient (Wildman–Crippen LogP) is 2.93. The molecule has 3 rings (SSSR count). The average molecular weight is 341 g/mol. The molecule has 24 heavy (non-hydrogen) atoms. The summed E-state index contributed by atoms with van der Waals surface area (Å²) in [6.45, 7) is 0.334. The minimum absolute atomic E-state index is 0.334. The number of methoxy groups -OCH3 is 1. The molecular weight excluding hydrogens is 326 g/mol. The molecule has 0 bridgehead atoms. The SMILES string of the molecule is COc1cccc(-c2csc(CNC(=O)Nc3cnccn3)n2)c1. The van der Waals surface area contributed by atoms with Crippen molar-refractivity contribution in [3.05, 3.63) is 53.2 Å². The van der Waals surface area contributed by atoms with Crippen molar-refractivity contribution in [1.82, 2.24) is 20.3 Å². The fourth-order valence-corrected chi connectivity index (χ4v) is 2.73. The number of hydrogen-bond acceptors (Lipinski definition) is 6. The number of nitrogens with one attached hydrogen (secondary N) is 2. The molecule has 0 radical (unpaired) electrons. The molecule has 0 aliphatic rings. The first-order valence-electron chi connectivity index (χ1n) is 7.14. The normalized spacial score (nSPS) is 10.2. The summed E-state index contributed by atoms with van der Waals surface area (Å²) in [4.78, 5) is 24.2. The summed E-state index contributed by atoms with van der Waals surface area (Å²) < 4.78 is 5.22. The minimum Gasteiger partial charge on any atom is -0.497 e. The van der Waals surface area contributed by atoms with E-state index in [1.807, 2.05) is 29.6 Å². The number of urea groups is 1. The van der Waals surface area contributed by atoms with E-state index >= 15 is 0 Å². The van der Waals surface area contributed by atoms with E-state index in [1.54, 1.807) is 13.3 Å². The van der Waals surface area contributed by atoms with Gasteiger partial charge in [-0.2, -0.15) is 0 Å². The number of aromatic nitrogens is 3. The van der Waals surface area contributed by atoms with Gasteiger partial charge in [0.25, 0.3) is 0 Å². The Morgan fingerprint density at radius 2 is 2.25 bits per heavy atom. The van der Waals surface area contributed by atoms with E-state index in [-0.39, 0.29) is 6.03 Å². The van der Waals surface area contributed by atoms with E-state index in [0.29, 0.717) is 12.4 Å². The summed E-state index contributed by atoms with van der Waals surface area (Å²) in [5.74, 6) is 1.18. The Morgan fingerprint density at radius 3 is 3.04 bits per heavy atom. The van der Waals surface area contributed by atoms with Gasteiger partial charge in [-0.05, 0) is 12.1 Å². The Kier molecular flexibility index (Phi) is 4.97. The third-order valence-electron chi connectivity index (χ3n) is 3.12. The smallest absolute Gasteiger partial charge is 0.320 e. The number of ether oxygens (including phenoxy) is 1. The number of anilines is 1. The lowest BCUT2D eigenvalue weighted by Gasteiger charge is -2.04. The van der Waals surface area contributed by atoms with Crippen LogP contribution < -0.4 is 15.4 Å². The number of rotatable bonds is 5. The zero-order valence-corrected chi connectivity index (χ0v) is 13.7. The van der Waals surface area contributed by atoms with Crippen molar-refractivity contribution in [2.45, 2.75) is 6.54 Å². The van der Waals surface area contributed by atoms with Crippen molar-refractivity contribution in [1.29, 1.82) is 0 Å². The Labute approximate surface area is 142 Å². The molecule has 0 atom stereocenters. The quantitative estimate of drug-likeness (QED) is 0.745. The summed E-state index contributed by atoms with van der Waals surface area (Å²) >= 11 is 1.48. The molecule has 1 aromatic carbocycles. The van der Waals surface area contributed by atoms with Gasteiger partial charge in [0.15, 0.2) is 5.82 Å². The van der Waals surface area contributed by atoms with Gasteiger partial charge in [-0.3, -0.25) is 10.3 Å². The van der Waals surface area contributed by atoms with Crippen molar-refractivity contribution < 1.29 is 9.53 Å². The fourth-order valence-electron chi connectivity index (χ4n) is 1.99. The average Bonchev–Trinajstić information content (AvgIpc) is 3.10. The van der Waals surface area contributed by atoms with Crippen molar-refractivity contribution in [3.8, 4) is 17.0 Å². The van der Waals surface area contributed by atoms with Gasteiger partial charge in [-0.25, -0.2) is 14.8 Å². The number of benzene rings is 1. The first-order chi connectivity index (χ1) is 11.7. The third kappa shape index (κ3) is 4.05. The van der Waals surface area contributed by atoms with Crippen LogP contribution in [0.15, 0.2) is 48.2 Å². The van der Waals surface area contributed by atoms with Crippen LogP contribution >= 0.6 is 11.3 Å². The van der Waals surface area contributed by atoms with Crippen LogP contribution in [-0.2, 0) is 6.54 Å². The second-order valence-electron chi connectivity index (χ2n) is 4.76. The number of amides is 2. The van der Waals surface area contributed by atoms with Crippen LogP contribution in [0.4, 0.5) is 10.6 Å². The van der Waals surface area contributed by atoms with Crippen molar-refractivity contribution in [2.75, 3.05) is 12.4 Å². The zero-order chi connectivity index (χ0) is 16.8. The molecule has 7 nitrogen and oxygen atoms in total. The van der Waals surface area contributed by atoms with Crippen LogP contribution in [0.3, 0.4) is 0 Å². The minimum atomic E-state index is -0.353. The second kappa shape index (κ2) is 7.51. The molecule has 2 N–H and O–H groups in total. The van der Waals surface area contributed by atoms with E-state index in [4.69, 9.17) is 4.74 Å². The largest absolute Gasteiger partial charge is 0.497 e. The van der Waals surface area contributed by atoms with E-state index in [0.717, 1.165) is 22.0 Å². The van der Waals surface area contributed by atoms with Crippen molar-refractivity contribution in [3.63, 3.8) is 0 Å². The second-order valence-corrected chi connectivity index (χ2v) is 5.70. The highest BCUT2D eigenvalue weighted by Crippen LogP contribution is 2.25. The van der Waals surface area contributed by atoms with E-state index in [1.165, 1.54) is 23.7 Å². The van der Waals surface area contributed by atoms with Gasteiger partial charge in [-0.1, -0.05) is 12.1 Å². The van der Waals surface area contributed by atoms with E-state index in [2.05, 4.69) is 25.6 Å². The maximum atomic E-state index is 11.8. The molecule has 0 saturated carbocycles. The molecule has 2 heterocycles. The molecule has 0 aliphatic carbocycles. The Morgan fingerprint density at radius 1 is 1.33 bits per heavy atom. The summed E-state index contributed by atoms with van der Waals surface area (Å²) in [6, 6.07) is 7.34. The van der Waals surface area contributed by atoms with Gasteiger partial charge in [0.05, 0.1) is 25.5 Å². The van der Waals surface area contributed by atoms with Gasteiger partial charge in [0, 0.05) is 23.3 Å². The fraction of sp³-hybridized carbons (Fsp3) is 0.125. The summed E-state index contributed by atoms with van der Waals surface area (Å²) in [6.07, 6.45) is 4.53. The molecule has 122 valence electrons. The van der Waals surface area contributed by atoms with E-state index < -0.39 is 0 Å². The first kappa shape index (κ1) is 15.9. The van der Waals surface area contributed by atoms with Crippen LogP contribution in [0, 0.1) is 0 Å². The van der Waals surface area contributed by atoms with Gasteiger partial charge >= 0.3 is 6.03 Å². The number of hydrogen-bond donors (Lipinski definition) is 2. The molecule has 0 saturated heterocycles. The lowest BCUT2D eigenvalue weighted by molar-refractivity contribution is 0.251. The summed E-state index contributed by atoms with van der Waals surface area (Å²) in [7, 11) is 1.63. The maximum absolute atomic E-state index is 11.8. The Balaban J connectivity index is 1.59. The molecule has 0 aliphatic heterocycles. The van der Waals surface area contributed by atoms with Crippen molar-refractivity contribution in [2.24, 2.45) is 0 Å². The van der Waals surface area contributed by atoms with Gasteiger partial charge in [-0.15, -0.1) is 11.3 Å². The van der Waals surface area contributed by atoms with Gasteiger partial charge in [0.2, 0.25) is 0 Å². The van der Waals surface area contributed by atoms with Crippen LogP contribution in [0.25, 0.3) is 11.3 Å². The molecule has 2 aromatic heterocycles. The van der Waals surface area contributed by atoms with Crippen LogP contribution in [0.2, 0.25) is 0 Å². The number of carbonyl (C=O) groups excluding carboxylic acids is 1. The summed E-state index contributed by atoms with van der Waals surface area (Å²) in [5.41, 5.74) is 1.82. The number of carbonyl (C=O) groups is 1. The monoisotopic (exact) mass is 341 g/mol. The molecule has 0 unspecified atom stereocenters. The highest BCUT2D eigenvalue weighted by atomic mass is 32.1. The molecule has 2 amide bonds. The van der Waals surface area contributed by atoms with Crippen LogP contribution in [0.5, 0.6) is 5.75 Å². The number of nitrogens with zero attached hydrogens (tertiary/aromatic N) is 3. The molecule has 3 aromatic rings. The number of thiazole rings is 1. The molecule has 0 spiro atoms. The predicted molar refractivity (Wildman–Crippen MR) is 92.0 cm³/mol. The summed E-state index contributed by atoms with van der Waals surface area (Å²) in [5, 5.41) is 8.10. The maximum Gasteiger partial charge on any atom is 0.320 e. The molecule has 0 fully saturated rings. The first-order valence-corrected chi connectivity index (χ1v) is 8.02. The van der Waals surface area contributed by atoms with Gasteiger partial charge in [0.1, 0.15) is 10.8 Å². The van der Waals surface area contributed by atoms with Crippen molar-refractivity contribution >= 4 is 23.2 Å². The topological polar surface area (TPSA) is 89.0 Å². The van der Waals surface area contributed by atoms with E-state index in [9.17, 15) is 4.79 Å². The molecule has 8 heteroatoms. The lowest BCUT2D eigenvalue weighted by Crippen LogP contribution is -2.28. The Bertz CT molecular complexity index is 822. The Hall–Kier alpha value is -3.00. The van der Waals surface area contributed by atoms with Crippen LogP contribution in [-0.4, -0.2) is 28.1 Å². The highest BCUT2D eigenvalue weighted by molar-refractivity contribution is 7.09. The van der Waals surface area contributed by atoms with Gasteiger partial charge < -0.3 is 10.1 Å². The third-order valence-corrected chi connectivity index (χ3v) is 3.97. The van der Waals surface area contributed by atoms with Crippen LogP contribution in [0.1, 0.15) is 5.01 Å².